The lowest BCUT2D eigenvalue weighted by atomic mass is 10.1. The number of benzene rings is 2. The van der Waals surface area contributed by atoms with Crippen molar-refractivity contribution < 1.29 is 0 Å². The van der Waals surface area contributed by atoms with Gasteiger partial charge in [-0.1, -0.05) is 34.1 Å². The number of aromatic nitrogens is 2. The quantitative estimate of drug-likeness (QED) is 0.555. The maximum atomic E-state index is 13.1. The van der Waals surface area contributed by atoms with Crippen molar-refractivity contribution in [3.63, 3.8) is 0 Å². The molecule has 0 bridgehead atoms. The zero-order valence-corrected chi connectivity index (χ0v) is 15.4. The van der Waals surface area contributed by atoms with Crippen LogP contribution in [0.25, 0.3) is 22.9 Å². The third kappa shape index (κ3) is 2.54. The number of halogens is 1. The van der Waals surface area contributed by atoms with Crippen LogP contribution in [0.4, 0.5) is 5.69 Å². The number of imidazole rings is 1. The molecule has 1 N–H and O–H groups in total. The van der Waals surface area contributed by atoms with Crippen LogP contribution in [0.1, 0.15) is 11.1 Å². The zero-order valence-electron chi connectivity index (χ0n) is 13.8. The largest absolute Gasteiger partial charge is 0.361 e. The Bertz CT molecular complexity index is 1320. The molecule has 0 amide bonds. The van der Waals surface area contributed by atoms with E-state index in [0.29, 0.717) is 33.0 Å². The zero-order chi connectivity index (χ0) is 18.3. The molecule has 2 aromatic heterocycles. The molecule has 0 saturated heterocycles. The molecule has 0 saturated carbocycles. The first-order valence-corrected chi connectivity index (χ1v) is 8.75. The number of para-hydroxylation sites is 2. The van der Waals surface area contributed by atoms with Gasteiger partial charge in [-0.15, -0.1) is 0 Å². The Kier molecular flexibility index (Phi) is 3.94. The first-order chi connectivity index (χ1) is 12.6. The molecule has 0 radical (unpaired) electrons. The van der Waals surface area contributed by atoms with Crippen LogP contribution in [-0.4, -0.2) is 9.38 Å². The number of nitrogens with zero attached hydrogens (tertiary/aromatic N) is 3. The first-order valence-electron chi connectivity index (χ1n) is 7.96. The van der Waals surface area contributed by atoms with Gasteiger partial charge in [0, 0.05) is 16.4 Å². The highest BCUT2D eigenvalue weighted by molar-refractivity contribution is 9.10. The molecule has 0 atom stereocenters. The number of hydrogen-bond donors (Lipinski definition) is 1. The van der Waals surface area contributed by atoms with E-state index in [4.69, 9.17) is 0 Å². The van der Waals surface area contributed by atoms with Crippen LogP contribution in [-0.2, 0) is 0 Å². The van der Waals surface area contributed by atoms with Crippen molar-refractivity contribution in [1.82, 2.24) is 9.38 Å². The van der Waals surface area contributed by atoms with Crippen molar-refractivity contribution in [1.29, 1.82) is 5.26 Å². The number of nitriles is 1. The van der Waals surface area contributed by atoms with Crippen molar-refractivity contribution in [2.75, 3.05) is 5.32 Å². The predicted molar refractivity (Wildman–Crippen MR) is 106 cm³/mol. The Balaban J connectivity index is 2.03. The number of hydrogen-bond acceptors (Lipinski definition) is 4. The van der Waals surface area contributed by atoms with E-state index in [1.165, 1.54) is 4.40 Å². The average Bonchev–Trinajstić information content (AvgIpc) is 3.01. The fourth-order valence-electron chi connectivity index (χ4n) is 3.02. The summed E-state index contributed by atoms with van der Waals surface area (Å²) in [5, 5.41) is 13.2. The minimum absolute atomic E-state index is 0.201. The van der Waals surface area contributed by atoms with Gasteiger partial charge in [0.2, 0.25) is 0 Å². The third-order valence-corrected chi connectivity index (χ3v) is 4.81. The van der Waals surface area contributed by atoms with Crippen LogP contribution in [0.2, 0.25) is 0 Å². The highest BCUT2D eigenvalue weighted by Crippen LogP contribution is 2.18. The van der Waals surface area contributed by atoms with Crippen LogP contribution in [0, 0.1) is 18.3 Å². The minimum atomic E-state index is -0.201. The lowest BCUT2D eigenvalue weighted by molar-refractivity contribution is 1.10. The van der Waals surface area contributed by atoms with Gasteiger partial charge in [-0.25, -0.2) is 4.98 Å². The molecule has 0 unspecified atom stereocenters. The number of rotatable bonds is 2. The van der Waals surface area contributed by atoms with Crippen molar-refractivity contribution in [3.05, 3.63) is 79.7 Å². The van der Waals surface area contributed by atoms with E-state index in [-0.39, 0.29) is 5.56 Å². The van der Waals surface area contributed by atoms with Gasteiger partial charge < -0.3 is 5.32 Å². The molecule has 2 aromatic carbocycles. The summed E-state index contributed by atoms with van der Waals surface area (Å²) in [7, 11) is 0. The third-order valence-electron chi connectivity index (χ3n) is 4.32. The number of anilines is 1. The lowest BCUT2D eigenvalue weighted by Gasteiger charge is -2.04. The smallest absolute Gasteiger partial charge is 0.265 e. The summed E-state index contributed by atoms with van der Waals surface area (Å²) in [5.41, 5.74) is 3.44. The Hall–Kier alpha value is -3.17. The van der Waals surface area contributed by atoms with Crippen molar-refractivity contribution >= 4 is 44.5 Å². The van der Waals surface area contributed by atoms with Crippen LogP contribution in [0.15, 0.2) is 57.8 Å². The van der Waals surface area contributed by atoms with Gasteiger partial charge in [-0.2, -0.15) is 5.26 Å². The van der Waals surface area contributed by atoms with E-state index in [1.54, 1.807) is 13.1 Å². The van der Waals surface area contributed by atoms with Gasteiger partial charge in [-0.05, 0) is 42.8 Å². The molecule has 0 aliphatic carbocycles. The van der Waals surface area contributed by atoms with Gasteiger partial charge in [0.05, 0.1) is 21.8 Å². The summed E-state index contributed by atoms with van der Waals surface area (Å²) in [6, 6.07) is 17.2. The number of nitrogens with one attached hydrogen (secondary N) is 1. The molecule has 5 nitrogen and oxygen atoms in total. The Labute approximate surface area is 157 Å². The summed E-state index contributed by atoms with van der Waals surface area (Å²) < 4.78 is 2.44. The second-order valence-electron chi connectivity index (χ2n) is 5.89. The average molecular weight is 405 g/mol. The van der Waals surface area contributed by atoms with E-state index in [1.807, 2.05) is 48.5 Å². The monoisotopic (exact) mass is 404 g/mol. The van der Waals surface area contributed by atoms with Crippen LogP contribution >= 0.6 is 15.9 Å². The molecule has 126 valence electrons. The standard InChI is InChI=1S/C20H13BrN4O/c1-12-15(10-22)19-24-17-7-2-3-8-18(17)25(19)20(26)16(12)11-23-14-6-4-5-13(21)9-14/h2-9,11,23H,1H3/b16-11-. The molecule has 4 rings (SSSR count). The minimum Gasteiger partial charge on any atom is -0.361 e. The molecule has 26 heavy (non-hydrogen) atoms. The summed E-state index contributed by atoms with van der Waals surface area (Å²) in [4.78, 5) is 17.6. The molecular formula is C20H13BrN4O. The van der Waals surface area contributed by atoms with Crippen LogP contribution in [0.3, 0.4) is 0 Å². The van der Waals surface area contributed by atoms with Gasteiger partial charge in [0.25, 0.3) is 5.56 Å². The topological polar surface area (TPSA) is 70.2 Å². The summed E-state index contributed by atoms with van der Waals surface area (Å²) in [6.07, 6.45) is 1.65. The van der Waals surface area contributed by atoms with E-state index >= 15 is 0 Å². The van der Waals surface area contributed by atoms with Crippen LogP contribution in [0.5, 0.6) is 0 Å². The normalized spacial score (nSPS) is 11.8. The molecule has 0 aliphatic rings. The second kappa shape index (κ2) is 6.28. The molecule has 0 spiro atoms. The van der Waals surface area contributed by atoms with Gasteiger partial charge >= 0.3 is 0 Å². The van der Waals surface area contributed by atoms with Crippen LogP contribution < -0.4 is 16.1 Å². The Morgan fingerprint density at radius 3 is 2.81 bits per heavy atom. The molecule has 4 aromatic rings. The molecule has 2 heterocycles. The van der Waals surface area contributed by atoms with Gasteiger partial charge in [0.1, 0.15) is 6.07 Å². The summed E-state index contributed by atoms with van der Waals surface area (Å²) >= 11 is 3.42. The lowest BCUT2D eigenvalue weighted by Crippen LogP contribution is -2.34. The van der Waals surface area contributed by atoms with Crippen molar-refractivity contribution in [2.24, 2.45) is 0 Å². The van der Waals surface area contributed by atoms with E-state index in [9.17, 15) is 10.1 Å². The maximum Gasteiger partial charge on any atom is 0.265 e. The Morgan fingerprint density at radius 2 is 2.04 bits per heavy atom. The van der Waals surface area contributed by atoms with Crippen molar-refractivity contribution in [3.8, 4) is 6.07 Å². The predicted octanol–water partition coefficient (Wildman–Crippen LogP) is 3.36. The van der Waals surface area contributed by atoms with Gasteiger partial charge in [-0.3, -0.25) is 9.20 Å². The SMILES string of the molecule is Cc1c(C#N)c2nc3ccccc3n2c(=O)/c1=C\Nc1cccc(Br)c1. The fraction of sp³-hybridized carbons (Fsp3) is 0.0500. The number of fused-ring (bicyclic) bond motifs is 3. The molecule has 6 heteroatoms. The van der Waals surface area contributed by atoms with E-state index in [2.05, 4.69) is 32.3 Å². The molecule has 0 fully saturated rings. The maximum absolute atomic E-state index is 13.1. The Morgan fingerprint density at radius 1 is 1.23 bits per heavy atom. The summed E-state index contributed by atoms with van der Waals surface area (Å²) in [6.45, 7) is 1.77. The van der Waals surface area contributed by atoms with Gasteiger partial charge in [0.15, 0.2) is 5.65 Å². The molecular weight excluding hydrogens is 392 g/mol. The second-order valence-corrected chi connectivity index (χ2v) is 6.80. The molecule has 0 aliphatic heterocycles. The first kappa shape index (κ1) is 16.3. The highest BCUT2D eigenvalue weighted by Gasteiger charge is 2.15. The highest BCUT2D eigenvalue weighted by atomic mass is 79.9. The van der Waals surface area contributed by atoms with E-state index in [0.717, 1.165) is 10.2 Å². The van der Waals surface area contributed by atoms with Crippen molar-refractivity contribution in [2.45, 2.75) is 6.92 Å². The fourth-order valence-corrected chi connectivity index (χ4v) is 3.42. The summed E-state index contributed by atoms with van der Waals surface area (Å²) in [5.74, 6) is 0. The van der Waals surface area contributed by atoms with E-state index < -0.39 is 0 Å². The number of pyridine rings is 1.